The second kappa shape index (κ2) is 4.74. The minimum absolute atomic E-state index is 0.140. The zero-order valence-electron chi connectivity index (χ0n) is 9.88. The van der Waals surface area contributed by atoms with Crippen molar-refractivity contribution >= 4 is 31.6 Å². The van der Waals surface area contributed by atoms with E-state index in [0.29, 0.717) is 5.69 Å². The van der Waals surface area contributed by atoms with Crippen molar-refractivity contribution in [2.45, 2.75) is 11.8 Å². The van der Waals surface area contributed by atoms with Crippen LogP contribution < -0.4 is 4.72 Å². The first-order valence-corrected chi connectivity index (χ1v) is 7.44. The molecule has 0 spiro atoms. The van der Waals surface area contributed by atoms with Crippen LogP contribution in [-0.2, 0) is 17.1 Å². The number of sulfonamides is 1. The van der Waals surface area contributed by atoms with Crippen molar-refractivity contribution in [1.29, 1.82) is 0 Å². The van der Waals surface area contributed by atoms with E-state index in [0.717, 1.165) is 10.0 Å². The van der Waals surface area contributed by atoms with E-state index in [1.807, 2.05) is 13.0 Å². The number of aryl methyl sites for hydroxylation is 2. The molecule has 0 saturated heterocycles. The molecule has 2 rings (SSSR count). The fourth-order valence-corrected chi connectivity index (χ4v) is 2.82. The monoisotopic (exact) mass is 329 g/mol. The molecule has 0 aliphatic carbocycles. The number of hydrogen-bond donors (Lipinski definition) is 1. The van der Waals surface area contributed by atoms with Gasteiger partial charge in [0.15, 0.2) is 0 Å². The van der Waals surface area contributed by atoms with Gasteiger partial charge in [0.2, 0.25) is 0 Å². The van der Waals surface area contributed by atoms with E-state index in [9.17, 15) is 8.42 Å². The Labute approximate surface area is 114 Å². The molecule has 1 N–H and O–H groups in total. The van der Waals surface area contributed by atoms with Crippen LogP contribution in [0.2, 0.25) is 0 Å². The second-order valence-electron chi connectivity index (χ2n) is 3.92. The predicted molar refractivity (Wildman–Crippen MR) is 72.9 cm³/mol. The van der Waals surface area contributed by atoms with Gasteiger partial charge < -0.3 is 0 Å². The summed E-state index contributed by atoms with van der Waals surface area (Å²) in [6.45, 7) is 1.93. The molecular formula is C11H12BrN3O2S. The van der Waals surface area contributed by atoms with Crippen LogP contribution in [0.1, 0.15) is 5.56 Å². The summed E-state index contributed by atoms with van der Waals surface area (Å²) < 4.78 is 28.9. The molecule has 1 aromatic carbocycles. The maximum Gasteiger partial charge on any atom is 0.265 e. The Hall–Kier alpha value is -1.34. The summed E-state index contributed by atoms with van der Waals surface area (Å²) in [6, 6.07) is 5.28. The zero-order chi connectivity index (χ0) is 13.3. The average molecular weight is 330 g/mol. The third kappa shape index (κ3) is 2.73. The van der Waals surface area contributed by atoms with Gasteiger partial charge in [-0.2, -0.15) is 5.10 Å². The lowest BCUT2D eigenvalue weighted by Gasteiger charge is -2.07. The highest BCUT2D eigenvalue weighted by atomic mass is 79.9. The summed E-state index contributed by atoms with van der Waals surface area (Å²) in [5, 5.41) is 3.84. The minimum atomic E-state index is -3.58. The summed E-state index contributed by atoms with van der Waals surface area (Å²) >= 11 is 3.36. The van der Waals surface area contributed by atoms with Crippen LogP contribution in [-0.4, -0.2) is 18.2 Å². The Morgan fingerprint density at radius 3 is 2.67 bits per heavy atom. The van der Waals surface area contributed by atoms with E-state index in [-0.39, 0.29) is 4.90 Å². The van der Waals surface area contributed by atoms with Crippen LogP contribution >= 0.6 is 15.9 Å². The van der Waals surface area contributed by atoms with E-state index in [1.165, 1.54) is 17.1 Å². The summed E-state index contributed by atoms with van der Waals surface area (Å²) in [5.74, 6) is 0. The Morgan fingerprint density at radius 1 is 1.39 bits per heavy atom. The molecule has 0 fully saturated rings. The molecule has 0 unspecified atom stereocenters. The van der Waals surface area contributed by atoms with Gasteiger partial charge in [0, 0.05) is 23.4 Å². The molecule has 1 heterocycles. The predicted octanol–water partition coefficient (Wildman–Crippen LogP) is 2.29. The summed E-state index contributed by atoms with van der Waals surface area (Å²) in [6.07, 6.45) is 2.76. The number of hydrogen-bond acceptors (Lipinski definition) is 3. The van der Waals surface area contributed by atoms with Gasteiger partial charge in [-0.3, -0.25) is 9.40 Å². The van der Waals surface area contributed by atoms with Gasteiger partial charge in [0.05, 0.1) is 6.20 Å². The van der Waals surface area contributed by atoms with Gasteiger partial charge in [0.1, 0.15) is 4.90 Å². The van der Waals surface area contributed by atoms with Crippen molar-refractivity contribution in [2.75, 3.05) is 4.72 Å². The van der Waals surface area contributed by atoms with Crippen LogP contribution in [0.3, 0.4) is 0 Å². The van der Waals surface area contributed by atoms with Crippen molar-refractivity contribution in [1.82, 2.24) is 9.78 Å². The molecule has 1 aromatic heterocycles. The molecule has 2 aromatic rings. The molecule has 0 aliphatic rings. The van der Waals surface area contributed by atoms with Crippen molar-refractivity contribution in [3.8, 4) is 0 Å². The molecule has 7 heteroatoms. The third-order valence-electron chi connectivity index (χ3n) is 2.42. The molecule has 0 saturated carbocycles. The largest absolute Gasteiger partial charge is 0.279 e. The quantitative estimate of drug-likeness (QED) is 0.939. The number of nitrogens with one attached hydrogen (secondary N) is 1. The number of aromatic nitrogens is 2. The van der Waals surface area contributed by atoms with Gasteiger partial charge in [-0.25, -0.2) is 8.42 Å². The first-order valence-electron chi connectivity index (χ1n) is 5.16. The third-order valence-corrected chi connectivity index (χ3v) is 4.61. The van der Waals surface area contributed by atoms with Crippen LogP contribution in [0.15, 0.2) is 40.0 Å². The molecule has 0 amide bonds. The fraction of sp³-hybridized carbons (Fsp3) is 0.182. The van der Waals surface area contributed by atoms with Crippen molar-refractivity contribution in [3.05, 3.63) is 40.6 Å². The van der Waals surface area contributed by atoms with Gasteiger partial charge in [-0.05, 0) is 24.6 Å². The number of halogens is 1. The molecule has 0 atom stereocenters. The van der Waals surface area contributed by atoms with Gasteiger partial charge in [0.25, 0.3) is 10.0 Å². The molecular weight excluding hydrogens is 318 g/mol. The lowest BCUT2D eigenvalue weighted by Crippen LogP contribution is -2.12. The zero-order valence-corrected chi connectivity index (χ0v) is 12.3. The maximum absolute atomic E-state index is 12.0. The normalized spacial score (nSPS) is 11.5. The number of anilines is 1. The minimum Gasteiger partial charge on any atom is -0.279 e. The first kappa shape index (κ1) is 13.1. The van der Waals surface area contributed by atoms with E-state index < -0.39 is 10.0 Å². The van der Waals surface area contributed by atoms with Crippen molar-refractivity contribution in [2.24, 2.45) is 7.05 Å². The Bertz CT molecular complexity index is 679. The molecule has 96 valence electrons. The van der Waals surface area contributed by atoms with Gasteiger partial charge >= 0.3 is 0 Å². The van der Waals surface area contributed by atoms with Crippen molar-refractivity contribution < 1.29 is 8.42 Å². The topological polar surface area (TPSA) is 64.0 Å². The van der Waals surface area contributed by atoms with Crippen LogP contribution in [0, 0.1) is 6.92 Å². The van der Waals surface area contributed by atoms with Crippen LogP contribution in [0.5, 0.6) is 0 Å². The standard InChI is InChI=1S/C11H12BrN3O2S/c1-8-3-4-9(5-11(8)12)14-18(16,17)10-6-13-15(2)7-10/h3-7,14H,1-2H3. The average Bonchev–Trinajstić information content (AvgIpc) is 2.71. The summed E-state index contributed by atoms with van der Waals surface area (Å²) in [5.41, 5.74) is 1.55. The van der Waals surface area contributed by atoms with Crippen LogP contribution in [0.4, 0.5) is 5.69 Å². The molecule has 5 nitrogen and oxygen atoms in total. The van der Waals surface area contributed by atoms with E-state index in [2.05, 4.69) is 25.8 Å². The summed E-state index contributed by atoms with van der Waals surface area (Å²) in [4.78, 5) is 0.140. The Kier molecular flexibility index (Phi) is 3.45. The number of nitrogens with zero attached hydrogens (tertiary/aromatic N) is 2. The Balaban J connectivity index is 2.30. The highest BCUT2D eigenvalue weighted by Crippen LogP contribution is 2.22. The summed E-state index contributed by atoms with van der Waals surface area (Å²) in [7, 11) is -1.91. The number of rotatable bonds is 3. The molecule has 0 radical (unpaired) electrons. The fourth-order valence-electron chi connectivity index (χ4n) is 1.41. The van der Waals surface area contributed by atoms with Crippen LogP contribution in [0.25, 0.3) is 0 Å². The van der Waals surface area contributed by atoms with Gasteiger partial charge in [-0.15, -0.1) is 0 Å². The van der Waals surface area contributed by atoms with E-state index in [1.54, 1.807) is 19.2 Å². The highest BCUT2D eigenvalue weighted by Gasteiger charge is 2.16. The molecule has 0 bridgehead atoms. The SMILES string of the molecule is Cc1ccc(NS(=O)(=O)c2cnn(C)c2)cc1Br. The first-order chi connectivity index (χ1) is 8.38. The lowest BCUT2D eigenvalue weighted by atomic mass is 10.2. The lowest BCUT2D eigenvalue weighted by molar-refractivity contribution is 0.601. The van der Waals surface area contributed by atoms with Crippen molar-refractivity contribution in [3.63, 3.8) is 0 Å². The van der Waals surface area contributed by atoms with E-state index in [4.69, 9.17) is 0 Å². The molecule has 18 heavy (non-hydrogen) atoms. The highest BCUT2D eigenvalue weighted by molar-refractivity contribution is 9.10. The molecule has 0 aliphatic heterocycles. The maximum atomic E-state index is 12.0. The Morgan fingerprint density at radius 2 is 2.11 bits per heavy atom. The van der Waals surface area contributed by atoms with Gasteiger partial charge in [-0.1, -0.05) is 22.0 Å². The smallest absolute Gasteiger partial charge is 0.265 e. The van der Waals surface area contributed by atoms with E-state index >= 15 is 0 Å². The number of benzene rings is 1. The second-order valence-corrected chi connectivity index (χ2v) is 6.46.